The number of carbonyl (C=O) groups is 1. The highest BCUT2D eigenvalue weighted by atomic mass is 16.5. The van der Waals surface area contributed by atoms with Crippen LogP contribution in [0.15, 0.2) is 47.0 Å². The van der Waals surface area contributed by atoms with Crippen LogP contribution in [0.25, 0.3) is 11.4 Å². The van der Waals surface area contributed by atoms with Crippen LogP contribution in [0.4, 0.5) is 0 Å². The fourth-order valence-electron chi connectivity index (χ4n) is 5.17. The summed E-state index contributed by atoms with van der Waals surface area (Å²) < 4.78 is 10.9. The van der Waals surface area contributed by atoms with Crippen molar-refractivity contribution in [2.75, 3.05) is 33.3 Å². The molecule has 1 aliphatic carbocycles. The number of aromatic nitrogens is 2. The molecule has 1 amide bonds. The van der Waals surface area contributed by atoms with Gasteiger partial charge in [-0.25, -0.2) is 0 Å². The number of hydrogen-bond acceptors (Lipinski definition) is 6. The van der Waals surface area contributed by atoms with E-state index in [9.17, 15) is 4.79 Å². The highest BCUT2D eigenvalue weighted by Gasteiger charge is 2.28. The van der Waals surface area contributed by atoms with Gasteiger partial charge in [-0.1, -0.05) is 35.5 Å². The van der Waals surface area contributed by atoms with Gasteiger partial charge in [-0.05, 0) is 60.9 Å². The lowest BCUT2D eigenvalue weighted by Crippen LogP contribution is -2.48. The largest absolute Gasteiger partial charge is 0.497 e. The number of ether oxygens (including phenoxy) is 1. The summed E-state index contributed by atoms with van der Waals surface area (Å²) in [6.07, 6.45) is 3.85. The Labute approximate surface area is 200 Å². The van der Waals surface area contributed by atoms with E-state index in [2.05, 4.69) is 27.2 Å². The average Bonchev–Trinajstić information content (AvgIpc) is 3.32. The first-order valence-corrected chi connectivity index (χ1v) is 12.2. The lowest BCUT2D eigenvalue weighted by atomic mass is 9.80. The molecule has 178 valence electrons. The highest BCUT2D eigenvalue weighted by Crippen LogP contribution is 2.36. The topological polar surface area (TPSA) is 71.7 Å². The third-order valence-corrected chi connectivity index (χ3v) is 7.15. The molecule has 5 rings (SSSR count). The summed E-state index contributed by atoms with van der Waals surface area (Å²) in [5, 5.41) is 4.17. The van der Waals surface area contributed by atoms with E-state index in [1.54, 1.807) is 7.11 Å². The number of nitrogens with zero attached hydrogens (tertiary/aromatic N) is 4. The zero-order chi connectivity index (χ0) is 23.5. The van der Waals surface area contributed by atoms with Crippen molar-refractivity contribution in [1.29, 1.82) is 0 Å². The Morgan fingerprint density at radius 3 is 2.76 bits per heavy atom. The normalized spacial score (nSPS) is 18.5. The summed E-state index contributed by atoms with van der Waals surface area (Å²) in [5.74, 6) is 2.71. The van der Waals surface area contributed by atoms with Crippen LogP contribution in [0.5, 0.6) is 5.75 Å². The maximum absolute atomic E-state index is 13.1. The van der Waals surface area contributed by atoms with Crippen molar-refractivity contribution in [1.82, 2.24) is 19.9 Å². The fraction of sp³-hybridized carbons (Fsp3) is 0.444. The molecule has 1 saturated heterocycles. The Bertz CT molecular complexity index is 1150. The molecule has 2 heterocycles. The number of carbonyl (C=O) groups excluding carboxylic acids is 1. The lowest BCUT2D eigenvalue weighted by Gasteiger charge is -2.35. The Hall–Kier alpha value is -3.19. The van der Waals surface area contributed by atoms with E-state index in [0.29, 0.717) is 30.6 Å². The molecular weight excluding hydrogens is 428 g/mol. The summed E-state index contributed by atoms with van der Waals surface area (Å²) in [5.41, 5.74) is 4.77. The summed E-state index contributed by atoms with van der Waals surface area (Å²) in [6.45, 7) is 5.75. The molecule has 1 unspecified atom stereocenters. The van der Waals surface area contributed by atoms with Gasteiger partial charge in [0.15, 0.2) is 0 Å². The second kappa shape index (κ2) is 9.97. The van der Waals surface area contributed by atoms with Gasteiger partial charge in [0.05, 0.1) is 13.7 Å². The molecule has 1 atom stereocenters. The number of rotatable bonds is 6. The molecule has 3 aromatic rings. The van der Waals surface area contributed by atoms with E-state index in [4.69, 9.17) is 9.26 Å². The van der Waals surface area contributed by atoms with Crippen molar-refractivity contribution < 1.29 is 14.1 Å². The number of hydrogen-bond donors (Lipinski definition) is 0. The monoisotopic (exact) mass is 460 g/mol. The van der Waals surface area contributed by atoms with E-state index in [0.717, 1.165) is 62.3 Å². The number of amides is 1. The van der Waals surface area contributed by atoms with Crippen molar-refractivity contribution in [3.05, 3.63) is 65.0 Å². The Morgan fingerprint density at radius 1 is 1.15 bits per heavy atom. The van der Waals surface area contributed by atoms with Crippen LogP contribution in [0.3, 0.4) is 0 Å². The van der Waals surface area contributed by atoms with Crippen LogP contribution in [0, 0.1) is 6.92 Å². The first kappa shape index (κ1) is 22.6. The van der Waals surface area contributed by atoms with Gasteiger partial charge in [-0.15, -0.1) is 0 Å². The predicted octanol–water partition coefficient (Wildman–Crippen LogP) is 4.21. The predicted molar refractivity (Wildman–Crippen MR) is 130 cm³/mol. The molecule has 2 aromatic carbocycles. The molecule has 0 saturated carbocycles. The van der Waals surface area contributed by atoms with Gasteiger partial charge < -0.3 is 14.2 Å². The van der Waals surface area contributed by atoms with Crippen molar-refractivity contribution in [2.24, 2.45) is 0 Å². The second-order valence-corrected chi connectivity index (χ2v) is 9.34. The number of methoxy groups -OCH3 is 1. The zero-order valence-corrected chi connectivity index (χ0v) is 20.0. The Kier molecular flexibility index (Phi) is 6.63. The molecule has 2 aliphatic rings. The average molecular weight is 461 g/mol. The van der Waals surface area contributed by atoms with E-state index in [1.807, 2.05) is 42.2 Å². The van der Waals surface area contributed by atoms with Crippen molar-refractivity contribution >= 4 is 5.91 Å². The zero-order valence-electron chi connectivity index (χ0n) is 20.0. The van der Waals surface area contributed by atoms with E-state index in [1.165, 1.54) is 11.1 Å². The van der Waals surface area contributed by atoms with Gasteiger partial charge in [-0.3, -0.25) is 9.69 Å². The van der Waals surface area contributed by atoms with Crippen LogP contribution in [0.1, 0.15) is 47.8 Å². The molecule has 0 radical (unpaired) electrons. The third kappa shape index (κ3) is 4.85. The lowest BCUT2D eigenvalue weighted by molar-refractivity contribution is -0.133. The minimum absolute atomic E-state index is 0.257. The summed E-state index contributed by atoms with van der Waals surface area (Å²) in [4.78, 5) is 22.0. The van der Waals surface area contributed by atoms with Gasteiger partial charge in [-0.2, -0.15) is 4.98 Å². The molecule has 7 heteroatoms. The molecule has 1 aromatic heterocycles. The quantitative estimate of drug-likeness (QED) is 0.549. The molecule has 1 aliphatic heterocycles. The summed E-state index contributed by atoms with van der Waals surface area (Å²) in [7, 11) is 1.70. The van der Waals surface area contributed by atoms with Crippen molar-refractivity contribution in [2.45, 2.75) is 45.1 Å². The summed E-state index contributed by atoms with van der Waals surface area (Å²) in [6, 6.07) is 14.3. The minimum Gasteiger partial charge on any atom is -0.497 e. The van der Waals surface area contributed by atoms with E-state index in [-0.39, 0.29) is 5.91 Å². The maximum Gasteiger partial charge on any atom is 0.241 e. The molecule has 7 nitrogen and oxygen atoms in total. The molecule has 0 bridgehead atoms. The van der Waals surface area contributed by atoms with Gasteiger partial charge in [0.1, 0.15) is 5.75 Å². The minimum atomic E-state index is 0.257. The van der Waals surface area contributed by atoms with Crippen LogP contribution in [0.2, 0.25) is 0 Å². The van der Waals surface area contributed by atoms with Crippen LogP contribution in [-0.2, 0) is 17.8 Å². The van der Waals surface area contributed by atoms with Gasteiger partial charge >= 0.3 is 0 Å². The Balaban J connectivity index is 1.14. The molecule has 34 heavy (non-hydrogen) atoms. The number of aryl methyl sites for hydroxylation is 2. The number of piperazine rings is 1. The standard InChI is InChI=1S/C27H32N4O3/c1-19-6-3-4-9-23(19)27-28-25(34-29-27)18-30-12-14-31(15-13-30)26(32)17-21-8-5-7-20-16-22(33-2)10-11-24(20)21/h3-4,6,9-11,16,21H,5,7-8,12-15,17-18H2,1-2H3. The maximum atomic E-state index is 13.1. The van der Waals surface area contributed by atoms with Crippen LogP contribution in [-0.4, -0.2) is 59.1 Å². The number of benzene rings is 2. The highest BCUT2D eigenvalue weighted by molar-refractivity contribution is 5.77. The first-order valence-electron chi connectivity index (χ1n) is 12.2. The second-order valence-electron chi connectivity index (χ2n) is 9.34. The van der Waals surface area contributed by atoms with Crippen LogP contribution >= 0.6 is 0 Å². The van der Waals surface area contributed by atoms with Crippen molar-refractivity contribution in [3.63, 3.8) is 0 Å². The smallest absolute Gasteiger partial charge is 0.241 e. The molecular formula is C27H32N4O3. The third-order valence-electron chi connectivity index (χ3n) is 7.15. The fourth-order valence-corrected chi connectivity index (χ4v) is 5.17. The van der Waals surface area contributed by atoms with Gasteiger partial charge in [0.25, 0.3) is 0 Å². The molecule has 1 fully saturated rings. The summed E-state index contributed by atoms with van der Waals surface area (Å²) >= 11 is 0. The number of fused-ring (bicyclic) bond motifs is 1. The molecule has 0 N–H and O–H groups in total. The van der Waals surface area contributed by atoms with Gasteiger partial charge in [0, 0.05) is 38.2 Å². The first-order chi connectivity index (χ1) is 16.6. The SMILES string of the molecule is COc1ccc2c(c1)CCCC2CC(=O)N1CCN(Cc2nc(-c3ccccc3C)no2)CC1. The van der Waals surface area contributed by atoms with Crippen molar-refractivity contribution in [3.8, 4) is 17.1 Å². The Morgan fingerprint density at radius 2 is 1.97 bits per heavy atom. The van der Waals surface area contributed by atoms with Gasteiger partial charge in [0.2, 0.25) is 17.6 Å². The van der Waals surface area contributed by atoms with Crippen LogP contribution < -0.4 is 4.74 Å². The van der Waals surface area contributed by atoms with E-state index < -0.39 is 0 Å². The molecule has 0 spiro atoms. The van der Waals surface area contributed by atoms with E-state index >= 15 is 0 Å².